The summed E-state index contributed by atoms with van der Waals surface area (Å²) in [7, 11) is 0. The molecule has 0 heterocycles. The lowest BCUT2D eigenvalue weighted by molar-refractivity contribution is -0.149. The van der Waals surface area contributed by atoms with Gasteiger partial charge in [-0.05, 0) is 23.3 Å². The highest BCUT2D eigenvalue weighted by Crippen LogP contribution is 2.19. The van der Waals surface area contributed by atoms with Crippen LogP contribution in [-0.4, -0.2) is 25.2 Å². The van der Waals surface area contributed by atoms with Gasteiger partial charge in [-0.3, -0.25) is 4.79 Å². The minimum absolute atomic E-state index is 0.0347. The first kappa shape index (κ1) is 15.8. The van der Waals surface area contributed by atoms with E-state index < -0.39 is 5.97 Å². The monoisotopic (exact) mass is 298 g/mol. The van der Waals surface area contributed by atoms with Gasteiger partial charge in [-0.15, -0.1) is 0 Å². The van der Waals surface area contributed by atoms with Gasteiger partial charge in [0, 0.05) is 5.57 Å². The average molecular weight is 298 g/mol. The lowest BCUT2D eigenvalue weighted by atomic mass is 10.0. The van der Waals surface area contributed by atoms with Gasteiger partial charge in [0.1, 0.15) is 13.2 Å². The van der Waals surface area contributed by atoms with Gasteiger partial charge in [0.15, 0.2) is 0 Å². The lowest BCUT2D eigenvalue weighted by Gasteiger charge is -2.08. The molecule has 22 heavy (non-hydrogen) atoms. The molecule has 2 aromatic rings. The van der Waals surface area contributed by atoms with E-state index in [4.69, 9.17) is 9.47 Å². The fraction of sp³-hybridized carbons (Fsp3) is 0.222. The van der Waals surface area contributed by atoms with E-state index in [-0.39, 0.29) is 25.6 Å². The molecule has 4 heteroatoms. The van der Waals surface area contributed by atoms with Crippen molar-refractivity contribution < 1.29 is 19.1 Å². The van der Waals surface area contributed by atoms with Crippen LogP contribution in [0.3, 0.4) is 0 Å². The van der Waals surface area contributed by atoms with Crippen molar-refractivity contribution in [2.75, 3.05) is 13.2 Å². The number of ether oxygens (including phenoxy) is 2. The second kappa shape index (κ2) is 7.41. The SMILES string of the molecule is C=C(C)C(=O)OCCOC(=O)Cc1cccc2ccccc12. The van der Waals surface area contributed by atoms with E-state index in [2.05, 4.69) is 6.58 Å². The molecule has 0 aliphatic carbocycles. The molecular formula is C18H18O4. The Morgan fingerprint density at radius 1 is 1.00 bits per heavy atom. The van der Waals surface area contributed by atoms with E-state index in [0.717, 1.165) is 16.3 Å². The third kappa shape index (κ3) is 4.19. The molecule has 0 radical (unpaired) electrons. The molecule has 0 aromatic heterocycles. The number of fused-ring (bicyclic) bond motifs is 1. The third-order valence-electron chi connectivity index (χ3n) is 3.14. The highest BCUT2D eigenvalue weighted by Gasteiger charge is 2.09. The number of carbonyl (C=O) groups excluding carboxylic acids is 2. The molecule has 0 N–H and O–H groups in total. The molecule has 0 unspecified atom stereocenters. The Labute approximate surface area is 129 Å². The van der Waals surface area contributed by atoms with Crippen LogP contribution >= 0.6 is 0 Å². The standard InChI is InChI=1S/C18H18O4/c1-13(2)18(20)22-11-10-21-17(19)12-15-8-5-7-14-6-3-4-9-16(14)15/h3-9H,1,10-12H2,2H3. The predicted molar refractivity (Wildman–Crippen MR) is 84.4 cm³/mol. The molecule has 0 saturated carbocycles. The maximum Gasteiger partial charge on any atom is 0.333 e. The average Bonchev–Trinajstić information content (AvgIpc) is 2.51. The maximum absolute atomic E-state index is 11.9. The topological polar surface area (TPSA) is 52.6 Å². The number of carbonyl (C=O) groups is 2. The maximum atomic E-state index is 11.9. The van der Waals surface area contributed by atoms with Crippen LogP contribution < -0.4 is 0 Å². The van der Waals surface area contributed by atoms with E-state index in [9.17, 15) is 9.59 Å². The fourth-order valence-corrected chi connectivity index (χ4v) is 2.07. The van der Waals surface area contributed by atoms with E-state index in [0.29, 0.717) is 5.57 Å². The van der Waals surface area contributed by atoms with Gasteiger partial charge in [0.2, 0.25) is 0 Å². The normalized spacial score (nSPS) is 10.2. The van der Waals surface area contributed by atoms with Crippen molar-refractivity contribution in [1.29, 1.82) is 0 Å². The van der Waals surface area contributed by atoms with E-state index >= 15 is 0 Å². The van der Waals surface area contributed by atoms with Crippen LogP contribution in [0.15, 0.2) is 54.6 Å². The van der Waals surface area contributed by atoms with Gasteiger partial charge in [-0.25, -0.2) is 4.79 Å². The van der Waals surface area contributed by atoms with Crippen LogP contribution in [0.5, 0.6) is 0 Å². The molecule has 2 aromatic carbocycles. The van der Waals surface area contributed by atoms with Gasteiger partial charge in [-0.1, -0.05) is 49.0 Å². The zero-order valence-electron chi connectivity index (χ0n) is 12.5. The number of benzene rings is 2. The van der Waals surface area contributed by atoms with Crippen molar-refractivity contribution in [1.82, 2.24) is 0 Å². The molecule has 2 rings (SSSR count). The molecule has 0 aliphatic rings. The van der Waals surface area contributed by atoms with Crippen molar-refractivity contribution in [3.8, 4) is 0 Å². The zero-order chi connectivity index (χ0) is 15.9. The van der Waals surface area contributed by atoms with Gasteiger partial charge in [0.25, 0.3) is 0 Å². The Bertz CT molecular complexity index is 698. The van der Waals surface area contributed by atoms with Crippen LogP contribution in [-0.2, 0) is 25.5 Å². The largest absolute Gasteiger partial charge is 0.462 e. The quantitative estimate of drug-likeness (QED) is 0.467. The minimum atomic E-state index is -0.481. The molecule has 114 valence electrons. The first-order chi connectivity index (χ1) is 10.6. The van der Waals surface area contributed by atoms with Crippen molar-refractivity contribution in [3.05, 3.63) is 60.2 Å². The summed E-state index contributed by atoms with van der Waals surface area (Å²) in [5.41, 5.74) is 1.24. The Kier molecular flexibility index (Phi) is 5.31. The summed E-state index contributed by atoms with van der Waals surface area (Å²) in [4.78, 5) is 23.0. The molecule has 0 fully saturated rings. The van der Waals surface area contributed by atoms with Crippen molar-refractivity contribution in [3.63, 3.8) is 0 Å². The Balaban J connectivity index is 1.86. The summed E-state index contributed by atoms with van der Waals surface area (Å²) < 4.78 is 9.94. The summed E-state index contributed by atoms with van der Waals surface area (Å²) in [6.45, 7) is 5.11. The molecule has 0 amide bonds. The van der Waals surface area contributed by atoms with Gasteiger partial charge < -0.3 is 9.47 Å². The van der Waals surface area contributed by atoms with Crippen LogP contribution in [0.25, 0.3) is 10.8 Å². The van der Waals surface area contributed by atoms with E-state index in [1.807, 2.05) is 42.5 Å². The summed E-state index contributed by atoms with van der Waals surface area (Å²) in [6.07, 6.45) is 0.190. The Hall–Kier alpha value is -2.62. The highest BCUT2D eigenvalue weighted by molar-refractivity contribution is 5.89. The number of esters is 2. The van der Waals surface area contributed by atoms with Crippen LogP contribution in [0.4, 0.5) is 0 Å². The summed E-state index contributed by atoms with van der Waals surface area (Å²) in [5, 5.41) is 2.12. The summed E-state index contributed by atoms with van der Waals surface area (Å²) in [5.74, 6) is -0.826. The highest BCUT2D eigenvalue weighted by atomic mass is 16.6. The third-order valence-corrected chi connectivity index (χ3v) is 3.14. The Morgan fingerprint density at radius 2 is 1.68 bits per heavy atom. The van der Waals surface area contributed by atoms with E-state index in [1.165, 1.54) is 0 Å². The first-order valence-corrected chi connectivity index (χ1v) is 7.03. The Morgan fingerprint density at radius 3 is 2.45 bits per heavy atom. The number of hydrogen-bond donors (Lipinski definition) is 0. The second-order valence-corrected chi connectivity index (χ2v) is 4.95. The second-order valence-electron chi connectivity index (χ2n) is 4.95. The van der Waals surface area contributed by atoms with Crippen LogP contribution in [0, 0.1) is 0 Å². The summed E-state index contributed by atoms with van der Waals surface area (Å²) in [6, 6.07) is 13.7. The number of rotatable bonds is 6. The first-order valence-electron chi connectivity index (χ1n) is 7.03. The molecule has 0 aliphatic heterocycles. The van der Waals surface area contributed by atoms with Crippen LogP contribution in [0.2, 0.25) is 0 Å². The van der Waals surface area contributed by atoms with E-state index in [1.54, 1.807) is 6.92 Å². The zero-order valence-corrected chi connectivity index (χ0v) is 12.5. The smallest absolute Gasteiger partial charge is 0.333 e. The molecule has 0 atom stereocenters. The molecular weight excluding hydrogens is 280 g/mol. The lowest BCUT2D eigenvalue weighted by Crippen LogP contribution is -2.15. The van der Waals surface area contributed by atoms with Crippen molar-refractivity contribution in [2.45, 2.75) is 13.3 Å². The number of hydrogen-bond acceptors (Lipinski definition) is 4. The molecule has 0 spiro atoms. The fourth-order valence-electron chi connectivity index (χ4n) is 2.07. The minimum Gasteiger partial charge on any atom is -0.462 e. The molecule has 0 bridgehead atoms. The summed E-state index contributed by atoms with van der Waals surface area (Å²) >= 11 is 0. The van der Waals surface area contributed by atoms with Gasteiger partial charge in [0.05, 0.1) is 6.42 Å². The van der Waals surface area contributed by atoms with Gasteiger partial charge >= 0.3 is 11.9 Å². The van der Waals surface area contributed by atoms with Crippen LogP contribution in [0.1, 0.15) is 12.5 Å². The molecule has 0 saturated heterocycles. The molecule has 4 nitrogen and oxygen atoms in total. The van der Waals surface area contributed by atoms with Crippen molar-refractivity contribution in [2.24, 2.45) is 0 Å². The van der Waals surface area contributed by atoms with Gasteiger partial charge in [-0.2, -0.15) is 0 Å². The predicted octanol–water partition coefficient (Wildman–Crippen LogP) is 3.04. The van der Waals surface area contributed by atoms with Crippen molar-refractivity contribution >= 4 is 22.7 Å².